The van der Waals surface area contributed by atoms with Crippen LogP contribution >= 0.6 is 0 Å². The summed E-state index contributed by atoms with van der Waals surface area (Å²) in [5, 5.41) is 3.46. The molecule has 0 radical (unpaired) electrons. The lowest BCUT2D eigenvalue weighted by Gasteiger charge is -2.15. The Bertz CT molecular complexity index is 166. The molecule has 1 saturated heterocycles. The quantitative estimate of drug-likeness (QED) is 0.696. The molecule has 2 fully saturated rings. The van der Waals surface area contributed by atoms with E-state index >= 15 is 0 Å². The van der Waals surface area contributed by atoms with E-state index in [1.807, 2.05) is 0 Å². The molecule has 0 aromatic heterocycles. The molecule has 14 heavy (non-hydrogen) atoms. The maximum absolute atomic E-state index is 3.46. The zero-order valence-electron chi connectivity index (χ0n) is 9.47. The molecule has 2 nitrogen and oxygen atoms in total. The van der Waals surface area contributed by atoms with E-state index in [0.29, 0.717) is 0 Å². The van der Waals surface area contributed by atoms with Crippen LogP contribution in [-0.2, 0) is 0 Å². The first-order chi connectivity index (χ1) is 6.88. The van der Waals surface area contributed by atoms with Crippen LogP contribution < -0.4 is 5.32 Å². The van der Waals surface area contributed by atoms with Crippen molar-refractivity contribution in [2.24, 2.45) is 11.8 Å². The monoisotopic (exact) mass is 196 g/mol. The van der Waals surface area contributed by atoms with Crippen LogP contribution in [-0.4, -0.2) is 37.6 Å². The van der Waals surface area contributed by atoms with Gasteiger partial charge in [-0.15, -0.1) is 0 Å². The Morgan fingerprint density at radius 3 is 2.79 bits per heavy atom. The van der Waals surface area contributed by atoms with Crippen molar-refractivity contribution in [3.63, 3.8) is 0 Å². The maximum atomic E-state index is 3.46. The fourth-order valence-corrected chi connectivity index (χ4v) is 2.40. The molecule has 1 aliphatic heterocycles. The van der Waals surface area contributed by atoms with Crippen LogP contribution in [0.25, 0.3) is 0 Å². The molecule has 1 atom stereocenters. The van der Waals surface area contributed by atoms with E-state index in [1.54, 1.807) is 0 Å². The molecule has 1 unspecified atom stereocenters. The van der Waals surface area contributed by atoms with E-state index in [2.05, 4.69) is 17.1 Å². The van der Waals surface area contributed by atoms with Gasteiger partial charge >= 0.3 is 0 Å². The van der Waals surface area contributed by atoms with Gasteiger partial charge in [0, 0.05) is 6.54 Å². The number of hydrogen-bond donors (Lipinski definition) is 1. The minimum Gasteiger partial charge on any atom is -0.317 e. The van der Waals surface area contributed by atoms with Gasteiger partial charge in [-0.1, -0.05) is 19.8 Å². The average Bonchev–Trinajstić information content (AvgIpc) is 2.92. The third-order valence-electron chi connectivity index (χ3n) is 3.60. The van der Waals surface area contributed by atoms with Crippen molar-refractivity contribution in [1.29, 1.82) is 0 Å². The van der Waals surface area contributed by atoms with E-state index < -0.39 is 0 Å². The van der Waals surface area contributed by atoms with Gasteiger partial charge in [-0.3, -0.25) is 0 Å². The topological polar surface area (TPSA) is 15.3 Å². The Labute approximate surface area is 88.1 Å². The number of likely N-dealkylation sites (tertiary alicyclic amines) is 1. The van der Waals surface area contributed by atoms with E-state index in [1.165, 1.54) is 51.9 Å². The third-order valence-corrected chi connectivity index (χ3v) is 3.60. The van der Waals surface area contributed by atoms with Crippen LogP contribution in [0.2, 0.25) is 0 Å². The predicted octanol–water partition coefficient (Wildman–Crippen LogP) is 1.72. The second-order valence-corrected chi connectivity index (χ2v) is 5.00. The summed E-state index contributed by atoms with van der Waals surface area (Å²) in [6, 6.07) is 0. The number of hydrogen-bond acceptors (Lipinski definition) is 2. The maximum Gasteiger partial charge on any atom is 0.00223 e. The molecule has 0 amide bonds. The SMILES string of the molecule is CCNCC1CCN(CCC2CC2)C1. The molecule has 1 N–H and O–H groups in total. The summed E-state index contributed by atoms with van der Waals surface area (Å²) >= 11 is 0. The molecule has 1 saturated carbocycles. The third kappa shape index (κ3) is 3.25. The van der Waals surface area contributed by atoms with Crippen molar-refractivity contribution in [2.45, 2.75) is 32.6 Å². The van der Waals surface area contributed by atoms with Crippen LogP contribution in [0.4, 0.5) is 0 Å². The number of rotatable bonds is 6. The molecule has 0 aromatic carbocycles. The summed E-state index contributed by atoms with van der Waals surface area (Å²) in [6.07, 6.45) is 5.90. The van der Waals surface area contributed by atoms with Crippen LogP contribution in [0.1, 0.15) is 32.6 Å². The first kappa shape index (κ1) is 10.4. The highest BCUT2D eigenvalue weighted by Crippen LogP contribution is 2.32. The summed E-state index contributed by atoms with van der Waals surface area (Å²) in [6.45, 7) is 8.62. The summed E-state index contributed by atoms with van der Waals surface area (Å²) < 4.78 is 0. The van der Waals surface area contributed by atoms with Gasteiger partial charge in [0.1, 0.15) is 0 Å². The fraction of sp³-hybridized carbons (Fsp3) is 1.00. The molecule has 82 valence electrons. The standard InChI is InChI=1S/C12H24N2/c1-2-13-9-12-6-8-14(10-12)7-5-11-3-4-11/h11-13H,2-10H2,1H3. The molecular weight excluding hydrogens is 172 g/mol. The summed E-state index contributed by atoms with van der Waals surface area (Å²) in [4.78, 5) is 2.67. The molecule has 2 rings (SSSR count). The highest BCUT2D eigenvalue weighted by Gasteiger charge is 2.25. The lowest BCUT2D eigenvalue weighted by Crippen LogP contribution is -2.27. The van der Waals surface area contributed by atoms with Gasteiger partial charge < -0.3 is 10.2 Å². The smallest absolute Gasteiger partial charge is 0.00223 e. The first-order valence-corrected chi connectivity index (χ1v) is 6.31. The Balaban J connectivity index is 1.56. The van der Waals surface area contributed by atoms with Crippen LogP contribution in [0.3, 0.4) is 0 Å². The van der Waals surface area contributed by atoms with Crippen LogP contribution in [0, 0.1) is 11.8 Å². The summed E-state index contributed by atoms with van der Waals surface area (Å²) in [7, 11) is 0. The molecule has 2 aliphatic rings. The van der Waals surface area contributed by atoms with E-state index in [4.69, 9.17) is 0 Å². The van der Waals surface area contributed by atoms with Gasteiger partial charge in [-0.25, -0.2) is 0 Å². The summed E-state index contributed by atoms with van der Waals surface area (Å²) in [5.74, 6) is 2.02. The van der Waals surface area contributed by atoms with Crippen molar-refractivity contribution >= 4 is 0 Å². The van der Waals surface area contributed by atoms with Crippen molar-refractivity contribution in [3.8, 4) is 0 Å². The normalized spacial score (nSPS) is 28.5. The van der Waals surface area contributed by atoms with Crippen molar-refractivity contribution < 1.29 is 0 Å². The largest absolute Gasteiger partial charge is 0.317 e. The van der Waals surface area contributed by atoms with Gasteiger partial charge in [-0.05, 0) is 50.9 Å². The second-order valence-electron chi connectivity index (χ2n) is 5.00. The second kappa shape index (κ2) is 5.13. The Hall–Kier alpha value is -0.0800. The average molecular weight is 196 g/mol. The highest BCUT2D eigenvalue weighted by molar-refractivity contribution is 4.80. The van der Waals surface area contributed by atoms with E-state index in [0.717, 1.165) is 18.4 Å². The van der Waals surface area contributed by atoms with E-state index in [9.17, 15) is 0 Å². The van der Waals surface area contributed by atoms with Crippen LogP contribution in [0.5, 0.6) is 0 Å². The zero-order valence-corrected chi connectivity index (χ0v) is 9.47. The number of nitrogens with one attached hydrogen (secondary N) is 1. The predicted molar refractivity (Wildman–Crippen MR) is 60.4 cm³/mol. The van der Waals surface area contributed by atoms with Gasteiger partial charge in [-0.2, -0.15) is 0 Å². The molecule has 2 heteroatoms. The van der Waals surface area contributed by atoms with Crippen LogP contribution in [0.15, 0.2) is 0 Å². The van der Waals surface area contributed by atoms with Gasteiger partial charge in [0.05, 0.1) is 0 Å². The van der Waals surface area contributed by atoms with Crippen molar-refractivity contribution in [1.82, 2.24) is 10.2 Å². The van der Waals surface area contributed by atoms with Gasteiger partial charge in [0.15, 0.2) is 0 Å². The van der Waals surface area contributed by atoms with E-state index in [-0.39, 0.29) is 0 Å². The number of nitrogens with zero attached hydrogens (tertiary/aromatic N) is 1. The minimum atomic E-state index is 0.925. The molecule has 1 aliphatic carbocycles. The fourth-order valence-electron chi connectivity index (χ4n) is 2.40. The zero-order chi connectivity index (χ0) is 9.80. The lowest BCUT2D eigenvalue weighted by molar-refractivity contribution is 0.311. The Morgan fingerprint density at radius 2 is 2.07 bits per heavy atom. The Morgan fingerprint density at radius 1 is 1.21 bits per heavy atom. The van der Waals surface area contributed by atoms with Crippen molar-refractivity contribution in [3.05, 3.63) is 0 Å². The molecular formula is C12H24N2. The molecule has 0 aromatic rings. The molecule has 1 heterocycles. The Kier molecular flexibility index (Phi) is 3.82. The van der Waals surface area contributed by atoms with Gasteiger partial charge in [0.25, 0.3) is 0 Å². The summed E-state index contributed by atoms with van der Waals surface area (Å²) in [5.41, 5.74) is 0. The molecule has 0 bridgehead atoms. The molecule has 0 spiro atoms. The van der Waals surface area contributed by atoms with Gasteiger partial charge in [0.2, 0.25) is 0 Å². The lowest BCUT2D eigenvalue weighted by atomic mass is 10.1. The highest BCUT2D eigenvalue weighted by atomic mass is 15.1. The van der Waals surface area contributed by atoms with Crippen molar-refractivity contribution in [2.75, 3.05) is 32.7 Å². The first-order valence-electron chi connectivity index (χ1n) is 6.31. The minimum absolute atomic E-state index is 0.925.